The second kappa shape index (κ2) is 32.1. The smallest absolute Gasteiger partial charge is 0.122 e. The summed E-state index contributed by atoms with van der Waals surface area (Å²) in [5.74, 6) is -0.0967. The largest absolute Gasteiger partial charge is 0.379 e. The first-order valence-electron chi connectivity index (χ1n) is 10.6. The fraction of sp³-hybridized carbons (Fsp3) is 0.857. The molecule has 0 bridgehead atoms. The molecule has 0 saturated heterocycles. The molecule has 0 aliphatic carbocycles. The Bertz CT molecular complexity index is 362. The van der Waals surface area contributed by atoms with E-state index in [0.717, 1.165) is 19.3 Å². The third kappa shape index (κ3) is 40.7. The maximum Gasteiger partial charge on any atom is 0.122 e. The van der Waals surface area contributed by atoms with E-state index in [4.69, 9.17) is 28.4 Å². The van der Waals surface area contributed by atoms with Gasteiger partial charge in [-0.3, -0.25) is 0 Å². The molecule has 1 radical (unpaired) electrons. The van der Waals surface area contributed by atoms with Crippen LogP contribution in [0.2, 0.25) is 0 Å². The zero-order valence-corrected chi connectivity index (χ0v) is 22.4. The van der Waals surface area contributed by atoms with Crippen molar-refractivity contribution < 1.29 is 70.7 Å². The third-order valence-electron chi connectivity index (χ3n) is 3.05. The number of nitrogens with one attached hydrogen (secondary N) is 1. The fourth-order valence-electron chi connectivity index (χ4n) is 1.61. The molecular weight excluding hydrogens is 483 g/mol. The van der Waals surface area contributed by atoms with E-state index >= 15 is 0 Å². The summed E-state index contributed by atoms with van der Waals surface area (Å²) in [6.45, 7) is 16.1. The van der Waals surface area contributed by atoms with E-state index in [2.05, 4.69) is 19.2 Å². The van der Waals surface area contributed by atoms with E-state index in [1.165, 1.54) is 0 Å². The molecule has 0 aromatic carbocycles. The quantitative estimate of drug-likeness (QED) is 0.136. The summed E-state index contributed by atoms with van der Waals surface area (Å²) in [5.41, 5.74) is 0. The number of carbonyl (C=O) groups is 2. The fourth-order valence-corrected chi connectivity index (χ4v) is 1.61. The van der Waals surface area contributed by atoms with E-state index in [-0.39, 0.29) is 44.5 Å². The van der Waals surface area contributed by atoms with Crippen molar-refractivity contribution in [3.8, 4) is 0 Å². The van der Waals surface area contributed by atoms with Crippen LogP contribution in [0, 0.1) is 12.8 Å². The van der Waals surface area contributed by atoms with Crippen molar-refractivity contribution in [2.75, 3.05) is 85.8 Å². The molecule has 10 heteroatoms. The zero-order valence-electron chi connectivity index (χ0n) is 19.6. The minimum Gasteiger partial charge on any atom is -0.379 e. The van der Waals surface area contributed by atoms with Gasteiger partial charge in [0.1, 0.15) is 6.29 Å². The standard InChI is InChI=1S/C17H34NO7.C4H8O.Y/c1-3-5-20-7-9-22-11-13-24-15-16-25-14-12-23-10-8-21-6-4-18-17(2)19;1-4(2)3-5;/h2-16H2,1H3,(H,18,19);3-4H,1-2H3;/q-1;;. The van der Waals surface area contributed by atoms with Crippen molar-refractivity contribution in [3.63, 3.8) is 0 Å². The summed E-state index contributed by atoms with van der Waals surface area (Å²) in [5, 5.41) is 2.54. The minimum atomic E-state index is -0.300. The Kier molecular flexibility index (Phi) is 36.7. The van der Waals surface area contributed by atoms with Crippen LogP contribution in [0.3, 0.4) is 0 Å². The molecule has 31 heavy (non-hydrogen) atoms. The summed E-state index contributed by atoms with van der Waals surface area (Å²) < 4.78 is 32.0. The van der Waals surface area contributed by atoms with Gasteiger partial charge in [0.2, 0.25) is 0 Å². The topological polar surface area (TPSA) is 102 Å². The Morgan fingerprint density at radius 2 is 1.03 bits per heavy atom. The predicted octanol–water partition coefficient (Wildman–Crippen LogP) is 1.29. The van der Waals surface area contributed by atoms with Crippen molar-refractivity contribution in [1.29, 1.82) is 0 Å². The SMILES string of the molecule is CC(C)C=O.[CH2-]C(=O)NCCOCCOCCOCCOCCOCCOCCC.[Y]. The van der Waals surface area contributed by atoms with E-state index in [1.54, 1.807) is 0 Å². The average Bonchev–Trinajstić information content (AvgIpc) is 2.72. The van der Waals surface area contributed by atoms with Gasteiger partial charge in [0.15, 0.2) is 0 Å². The van der Waals surface area contributed by atoms with Gasteiger partial charge in [0, 0.05) is 51.8 Å². The van der Waals surface area contributed by atoms with Gasteiger partial charge in [-0.2, -0.15) is 0 Å². The molecular formula is C21H42NO8Y-. The second-order valence-electron chi connectivity index (χ2n) is 6.40. The Balaban J connectivity index is -0.00000116. The summed E-state index contributed by atoms with van der Waals surface area (Å²) in [6, 6.07) is 0. The molecule has 0 aliphatic heterocycles. The van der Waals surface area contributed by atoms with Crippen LogP contribution in [0.15, 0.2) is 0 Å². The first-order chi connectivity index (χ1) is 14.5. The molecule has 0 saturated carbocycles. The molecule has 0 aromatic heterocycles. The number of amides is 1. The Morgan fingerprint density at radius 3 is 1.29 bits per heavy atom. The van der Waals surface area contributed by atoms with Crippen molar-refractivity contribution in [2.45, 2.75) is 27.2 Å². The minimum absolute atomic E-state index is 0. The molecule has 1 amide bonds. The first kappa shape index (κ1) is 35.5. The molecule has 0 aromatic rings. The number of rotatable bonds is 21. The second-order valence-corrected chi connectivity index (χ2v) is 6.40. The third-order valence-corrected chi connectivity index (χ3v) is 3.05. The number of ether oxygens (including phenoxy) is 6. The predicted molar refractivity (Wildman–Crippen MR) is 114 cm³/mol. The van der Waals surface area contributed by atoms with Crippen molar-refractivity contribution in [3.05, 3.63) is 6.92 Å². The van der Waals surface area contributed by atoms with Crippen molar-refractivity contribution in [2.24, 2.45) is 5.92 Å². The maximum atomic E-state index is 10.5. The number of hydrogen-bond donors (Lipinski definition) is 1. The molecule has 0 unspecified atom stereocenters. The van der Waals surface area contributed by atoms with Crippen LogP contribution in [-0.4, -0.2) is 98.0 Å². The van der Waals surface area contributed by atoms with E-state index in [1.807, 2.05) is 13.8 Å². The van der Waals surface area contributed by atoms with Gasteiger partial charge in [-0.05, 0) is 6.42 Å². The molecule has 0 rings (SSSR count). The Labute approximate surface area is 213 Å². The van der Waals surface area contributed by atoms with E-state index < -0.39 is 0 Å². The molecule has 0 heterocycles. The normalized spacial score (nSPS) is 10.2. The Morgan fingerprint density at radius 1 is 0.742 bits per heavy atom. The number of carbonyl (C=O) groups excluding carboxylic acids is 2. The van der Waals surface area contributed by atoms with Crippen LogP contribution in [0.1, 0.15) is 27.2 Å². The summed E-state index contributed by atoms with van der Waals surface area (Å²) in [6.07, 6.45) is 1.94. The van der Waals surface area contributed by atoms with Crippen LogP contribution in [0.5, 0.6) is 0 Å². The van der Waals surface area contributed by atoms with Crippen LogP contribution in [0.4, 0.5) is 0 Å². The van der Waals surface area contributed by atoms with Crippen LogP contribution in [-0.2, 0) is 70.7 Å². The van der Waals surface area contributed by atoms with Crippen molar-refractivity contribution >= 4 is 12.2 Å². The molecule has 9 nitrogen and oxygen atoms in total. The molecule has 0 atom stereocenters. The van der Waals surface area contributed by atoms with Crippen LogP contribution < -0.4 is 5.32 Å². The summed E-state index contributed by atoms with van der Waals surface area (Å²) in [7, 11) is 0. The molecule has 1 N–H and O–H groups in total. The van der Waals surface area contributed by atoms with Crippen molar-refractivity contribution in [1.82, 2.24) is 5.32 Å². The van der Waals surface area contributed by atoms with Gasteiger partial charge in [0.25, 0.3) is 0 Å². The van der Waals surface area contributed by atoms with Crippen LogP contribution in [0.25, 0.3) is 0 Å². The maximum absolute atomic E-state index is 10.5. The monoisotopic (exact) mass is 525 g/mol. The summed E-state index contributed by atoms with van der Waals surface area (Å²) >= 11 is 0. The zero-order chi connectivity index (χ0) is 22.7. The summed E-state index contributed by atoms with van der Waals surface area (Å²) in [4.78, 5) is 20.0. The first-order valence-corrected chi connectivity index (χ1v) is 10.6. The number of hydrogen-bond acceptors (Lipinski definition) is 8. The van der Waals surface area contributed by atoms with Gasteiger partial charge in [-0.25, -0.2) is 0 Å². The average molecular weight is 525 g/mol. The van der Waals surface area contributed by atoms with Gasteiger partial charge >= 0.3 is 0 Å². The van der Waals surface area contributed by atoms with Gasteiger partial charge in [-0.1, -0.05) is 20.8 Å². The van der Waals surface area contributed by atoms with E-state index in [0.29, 0.717) is 79.2 Å². The van der Waals surface area contributed by atoms with Gasteiger partial charge in [-0.15, -0.1) is 0 Å². The van der Waals surface area contributed by atoms with Crippen LogP contribution >= 0.6 is 0 Å². The molecule has 0 spiro atoms. The van der Waals surface area contributed by atoms with E-state index in [9.17, 15) is 9.59 Å². The molecule has 183 valence electrons. The number of aldehydes is 1. The molecule has 0 fully saturated rings. The molecule has 0 aliphatic rings. The van der Waals surface area contributed by atoms with Gasteiger partial charge in [0.05, 0.1) is 78.6 Å². The van der Waals surface area contributed by atoms with Gasteiger partial charge < -0.3 is 50.3 Å². The Hall–Kier alpha value is -0.126.